The number of halogens is 5. The highest BCUT2D eigenvalue weighted by Gasteiger charge is 2.33. The fraction of sp³-hybridized carbons (Fsp3) is 0.375. The molecule has 3 nitrogen and oxygen atoms in total. The predicted octanol–water partition coefficient (Wildman–Crippen LogP) is 2.08. The largest absolute Gasteiger partial charge is 0.573 e. The number of hydrogen-bond donors (Lipinski definition) is 1. The van der Waals surface area contributed by atoms with Crippen molar-refractivity contribution in [3.05, 3.63) is 23.3 Å². The van der Waals surface area contributed by atoms with Crippen molar-refractivity contribution in [2.45, 2.75) is 19.6 Å². The van der Waals surface area contributed by atoms with Gasteiger partial charge in [-0.1, -0.05) is 0 Å². The van der Waals surface area contributed by atoms with Crippen LogP contribution < -0.4 is 4.74 Å². The molecule has 0 fully saturated rings. The summed E-state index contributed by atoms with van der Waals surface area (Å²) in [5.41, 5.74) is -1.11. The Balaban J connectivity index is 3.14. The fourth-order valence-corrected chi connectivity index (χ4v) is 1.02. The SMILES string of the molecule is OCc1c(CF)ncc(OC(F)(F)F)c1F. The summed E-state index contributed by atoms with van der Waals surface area (Å²) in [4.78, 5) is 3.21. The van der Waals surface area contributed by atoms with Crippen molar-refractivity contribution in [3.63, 3.8) is 0 Å². The third kappa shape index (κ3) is 2.78. The van der Waals surface area contributed by atoms with E-state index in [1.807, 2.05) is 0 Å². The molecule has 0 bridgehead atoms. The average Bonchev–Trinajstić information content (AvgIpc) is 2.19. The molecule has 8 heteroatoms. The molecule has 0 aliphatic carbocycles. The predicted molar refractivity (Wildman–Crippen MR) is 41.6 cm³/mol. The van der Waals surface area contributed by atoms with Gasteiger partial charge < -0.3 is 9.84 Å². The topological polar surface area (TPSA) is 42.4 Å². The molecule has 1 aromatic heterocycles. The van der Waals surface area contributed by atoms with Crippen LogP contribution in [0.2, 0.25) is 0 Å². The van der Waals surface area contributed by atoms with Crippen LogP contribution in [0.25, 0.3) is 0 Å². The van der Waals surface area contributed by atoms with E-state index in [0.717, 1.165) is 0 Å². The molecule has 1 aromatic rings. The zero-order valence-corrected chi connectivity index (χ0v) is 7.68. The molecule has 0 spiro atoms. The molecule has 0 saturated heterocycles. The van der Waals surface area contributed by atoms with Gasteiger partial charge in [-0.2, -0.15) is 0 Å². The van der Waals surface area contributed by atoms with Crippen LogP contribution in [-0.2, 0) is 13.3 Å². The van der Waals surface area contributed by atoms with Crippen LogP contribution in [0, 0.1) is 5.82 Å². The Hall–Kier alpha value is -1.44. The summed E-state index contributed by atoms with van der Waals surface area (Å²) in [5, 5.41) is 8.67. The van der Waals surface area contributed by atoms with Crippen molar-refractivity contribution < 1.29 is 31.8 Å². The molecule has 0 atom stereocenters. The first-order valence-electron chi connectivity index (χ1n) is 3.98. The molecule has 0 aliphatic heterocycles. The molecule has 1 rings (SSSR count). The number of hydrogen-bond acceptors (Lipinski definition) is 3. The Labute approximate surface area is 86.5 Å². The maximum Gasteiger partial charge on any atom is 0.573 e. The lowest BCUT2D eigenvalue weighted by atomic mass is 10.2. The molecule has 0 aromatic carbocycles. The lowest BCUT2D eigenvalue weighted by molar-refractivity contribution is -0.275. The van der Waals surface area contributed by atoms with E-state index in [2.05, 4.69) is 9.72 Å². The van der Waals surface area contributed by atoms with Crippen LogP contribution in [0.1, 0.15) is 11.3 Å². The minimum Gasteiger partial charge on any atom is -0.401 e. The van der Waals surface area contributed by atoms with Crippen LogP contribution in [-0.4, -0.2) is 16.5 Å². The van der Waals surface area contributed by atoms with Gasteiger partial charge in [0.15, 0.2) is 11.6 Å². The standard InChI is InChI=1S/C8H6F5NO2/c9-1-5-4(3-15)7(10)6(2-14-5)16-8(11,12)13/h2,15H,1,3H2. The second kappa shape index (κ2) is 4.60. The Morgan fingerprint density at radius 2 is 2.00 bits per heavy atom. The number of nitrogens with zero attached hydrogens (tertiary/aromatic N) is 1. The zero-order chi connectivity index (χ0) is 12.3. The lowest BCUT2D eigenvalue weighted by Crippen LogP contribution is -2.19. The Morgan fingerprint density at radius 1 is 1.38 bits per heavy atom. The van der Waals surface area contributed by atoms with Crippen molar-refractivity contribution >= 4 is 0 Å². The summed E-state index contributed by atoms with van der Waals surface area (Å²) in [6.45, 7) is -2.16. The van der Waals surface area contributed by atoms with Gasteiger partial charge in [-0.25, -0.2) is 8.78 Å². The number of rotatable bonds is 3. The van der Waals surface area contributed by atoms with Gasteiger partial charge in [0, 0.05) is 5.56 Å². The summed E-state index contributed by atoms with van der Waals surface area (Å²) >= 11 is 0. The van der Waals surface area contributed by atoms with Gasteiger partial charge in [0.2, 0.25) is 0 Å². The Morgan fingerprint density at radius 3 is 2.44 bits per heavy atom. The van der Waals surface area contributed by atoms with E-state index < -0.39 is 42.5 Å². The highest BCUT2D eigenvalue weighted by Crippen LogP contribution is 2.28. The summed E-state index contributed by atoms with van der Waals surface area (Å²) in [6, 6.07) is 0. The molecular weight excluding hydrogens is 237 g/mol. The molecule has 1 heterocycles. The zero-order valence-electron chi connectivity index (χ0n) is 7.68. The highest BCUT2D eigenvalue weighted by atomic mass is 19.4. The fourth-order valence-electron chi connectivity index (χ4n) is 1.02. The molecule has 0 amide bonds. The minimum absolute atomic E-state index is 0.414. The summed E-state index contributed by atoms with van der Waals surface area (Å²) in [5.74, 6) is -2.67. The van der Waals surface area contributed by atoms with Gasteiger partial charge in [0.25, 0.3) is 0 Å². The van der Waals surface area contributed by atoms with Gasteiger partial charge in [-0.3, -0.25) is 4.98 Å². The Bertz CT molecular complexity index is 379. The molecule has 0 radical (unpaired) electrons. The first-order valence-corrected chi connectivity index (χ1v) is 3.98. The number of aromatic nitrogens is 1. The van der Waals surface area contributed by atoms with E-state index in [0.29, 0.717) is 6.20 Å². The third-order valence-electron chi connectivity index (χ3n) is 1.68. The summed E-state index contributed by atoms with van der Waals surface area (Å²) < 4.78 is 64.1. The van der Waals surface area contributed by atoms with Gasteiger partial charge in [-0.15, -0.1) is 13.2 Å². The van der Waals surface area contributed by atoms with E-state index in [1.54, 1.807) is 0 Å². The number of pyridine rings is 1. The van der Waals surface area contributed by atoms with Gasteiger partial charge in [0.05, 0.1) is 18.5 Å². The first kappa shape index (κ1) is 12.6. The number of aliphatic hydroxyl groups excluding tert-OH is 1. The molecule has 0 saturated carbocycles. The molecule has 16 heavy (non-hydrogen) atoms. The molecule has 90 valence electrons. The van der Waals surface area contributed by atoms with Gasteiger partial charge in [0.1, 0.15) is 6.67 Å². The smallest absolute Gasteiger partial charge is 0.401 e. The van der Waals surface area contributed by atoms with E-state index in [4.69, 9.17) is 5.11 Å². The maximum absolute atomic E-state index is 13.3. The highest BCUT2D eigenvalue weighted by molar-refractivity contribution is 5.31. The van der Waals surface area contributed by atoms with Crippen molar-refractivity contribution in [1.82, 2.24) is 4.98 Å². The Kier molecular flexibility index (Phi) is 3.63. The quantitative estimate of drug-likeness (QED) is 0.826. The second-order valence-corrected chi connectivity index (χ2v) is 2.70. The number of aliphatic hydroxyl groups is 1. The maximum atomic E-state index is 13.3. The van der Waals surface area contributed by atoms with E-state index in [9.17, 15) is 22.0 Å². The number of alkyl halides is 4. The van der Waals surface area contributed by atoms with Crippen molar-refractivity contribution in [1.29, 1.82) is 0 Å². The molecule has 1 N–H and O–H groups in total. The van der Waals surface area contributed by atoms with Gasteiger partial charge in [-0.05, 0) is 0 Å². The normalized spacial score (nSPS) is 11.6. The van der Waals surface area contributed by atoms with Crippen molar-refractivity contribution in [2.24, 2.45) is 0 Å². The summed E-state index contributed by atoms with van der Waals surface area (Å²) in [7, 11) is 0. The van der Waals surface area contributed by atoms with Crippen LogP contribution >= 0.6 is 0 Å². The van der Waals surface area contributed by atoms with E-state index in [-0.39, 0.29) is 0 Å². The first-order chi connectivity index (χ1) is 7.39. The molecule has 0 aliphatic rings. The second-order valence-electron chi connectivity index (χ2n) is 2.70. The average molecular weight is 243 g/mol. The van der Waals surface area contributed by atoms with Crippen LogP contribution in [0.15, 0.2) is 6.20 Å². The molecule has 0 unspecified atom stereocenters. The third-order valence-corrected chi connectivity index (χ3v) is 1.68. The number of ether oxygens (including phenoxy) is 1. The van der Waals surface area contributed by atoms with Crippen LogP contribution in [0.4, 0.5) is 22.0 Å². The van der Waals surface area contributed by atoms with Crippen LogP contribution in [0.3, 0.4) is 0 Å². The van der Waals surface area contributed by atoms with E-state index in [1.165, 1.54) is 0 Å². The minimum atomic E-state index is -5.08. The molecular formula is C8H6F5NO2. The monoisotopic (exact) mass is 243 g/mol. The van der Waals surface area contributed by atoms with Crippen molar-refractivity contribution in [2.75, 3.05) is 0 Å². The van der Waals surface area contributed by atoms with E-state index >= 15 is 0 Å². The van der Waals surface area contributed by atoms with Gasteiger partial charge >= 0.3 is 6.36 Å². The lowest BCUT2D eigenvalue weighted by Gasteiger charge is -2.12. The van der Waals surface area contributed by atoms with Crippen LogP contribution in [0.5, 0.6) is 5.75 Å². The summed E-state index contributed by atoms with van der Waals surface area (Å²) in [6.07, 6.45) is -4.66. The van der Waals surface area contributed by atoms with Crippen molar-refractivity contribution in [3.8, 4) is 5.75 Å².